The van der Waals surface area contributed by atoms with Crippen LogP contribution in [0.3, 0.4) is 0 Å². The van der Waals surface area contributed by atoms with E-state index >= 15 is 0 Å². The molecule has 3 rings (SSSR count). The minimum Gasteiger partial charge on any atom is -0.469 e. The van der Waals surface area contributed by atoms with Crippen LogP contribution >= 0.6 is 39.9 Å². The fourth-order valence-corrected chi connectivity index (χ4v) is 2.81. The molecule has 0 spiro atoms. The largest absolute Gasteiger partial charge is 0.469 e. The zero-order valence-corrected chi connectivity index (χ0v) is 19.5. The van der Waals surface area contributed by atoms with Gasteiger partial charge in [0.2, 0.25) is 5.91 Å². The van der Waals surface area contributed by atoms with Crippen LogP contribution in [0.2, 0.25) is 0 Å². The van der Waals surface area contributed by atoms with Crippen LogP contribution in [-0.2, 0) is 17.8 Å². The first-order valence-electron chi connectivity index (χ1n) is 9.27. The van der Waals surface area contributed by atoms with Crippen molar-refractivity contribution in [2.75, 3.05) is 19.6 Å². The van der Waals surface area contributed by atoms with Crippen molar-refractivity contribution in [1.29, 1.82) is 0 Å². The summed E-state index contributed by atoms with van der Waals surface area (Å²) >= 11 is 3.44. The quantitative estimate of drug-likeness (QED) is 0.190. The van der Waals surface area contributed by atoms with Crippen LogP contribution in [0.4, 0.5) is 0 Å². The van der Waals surface area contributed by atoms with Gasteiger partial charge in [0.25, 0.3) is 0 Å². The van der Waals surface area contributed by atoms with Crippen molar-refractivity contribution in [3.05, 3.63) is 58.5 Å². The van der Waals surface area contributed by atoms with Gasteiger partial charge in [-0.25, -0.2) is 4.99 Å². The second-order valence-electron chi connectivity index (χ2n) is 6.54. The molecule has 0 bridgehead atoms. The van der Waals surface area contributed by atoms with Crippen LogP contribution in [0.5, 0.6) is 0 Å². The molecule has 1 heterocycles. The van der Waals surface area contributed by atoms with Gasteiger partial charge in [-0.1, -0.05) is 28.1 Å². The predicted molar refractivity (Wildman–Crippen MR) is 125 cm³/mol. The van der Waals surface area contributed by atoms with E-state index in [9.17, 15) is 4.79 Å². The van der Waals surface area contributed by atoms with Crippen LogP contribution in [0.25, 0.3) is 0 Å². The number of nitrogens with one attached hydrogen (secondary N) is 3. The standard InChI is InChI=1S/C20H25BrN4O2.HI/c21-17-7-3-15(4-8-17)14-25-20(23-10-9-18-2-1-13-27-18)24-12-11-22-19(26)16-5-6-16;/h1-4,7-8,13,16H,5-6,9-12,14H2,(H,22,26)(H2,23,24,25);1H. The first-order chi connectivity index (χ1) is 13.2. The molecule has 0 saturated heterocycles. The number of furan rings is 1. The highest BCUT2D eigenvalue weighted by Crippen LogP contribution is 2.28. The van der Waals surface area contributed by atoms with Crippen LogP contribution in [0, 0.1) is 5.92 Å². The van der Waals surface area contributed by atoms with E-state index in [-0.39, 0.29) is 35.8 Å². The average Bonchev–Trinajstić information content (AvgIpc) is 3.40. The molecule has 1 aromatic heterocycles. The molecule has 0 atom stereocenters. The van der Waals surface area contributed by atoms with E-state index in [0.717, 1.165) is 41.0 Å². The molecule has 3 N–H and O–H groups in total. The van der Waals surface area contributed by atoms with E-state index in [1.54, 1.807) is 6.26 Å². The van der Waals surface area contributed by atoms with Crippen molar-refractivity contribution in [2.45, 2.75) is 25.8 Å². The van der Waals surface area contributed by atoms with Crippen molar-refractivity contribution < 1.29 is 9.21 Å². The Morgan fingerprint density at radius 3 is 2.46 bits per heavy atom. The smallest absolute Gasteiger partial charge is 0.223 e. The lowest BCUT2D eigenvalue weighted by Gasteiger charge is -2.13. The van der Waals surface area contributed by atoms with E-state index in [0.29, 0.717) is 26.2 Å². The number of hydrogen-bond acceptors (Lipinski definition) is 3. The fraction of sp³-hybridized carbons (Fsp3) is 0.400. The van der Waals surface area contributed by atoms with Gasteiger partial charge in [-0.2, -0.15) is 0 Å². The highest BCUT2D eigenvalue weighted by molar-refractivity contribution is 14.0. The normalized spacial score (nSPS) is 13.5. The molecule has 0 radical (unpaired) electrons. The maximum absolute atomic E-state index is 11.7. The maximum Gasteiger partial charge on any atom is 0.223 e. The monoisotopic (exact) mass is 560 g/mol. The maximum atomic E-state index is 11.7. The second-order valence-corrected chi connectivity index (χ2v) is 7.46. The Hall–Kier alpha value is -1.55. The molecule has 8 heteroatoms. The van der Waals surface area contributed by atoms with Crippen LogP contribution in [-0.4, -0.2) is 31.5 Å². The third-order valence-corrected chi connectivity index (χ3v) is 4.77. The summed E-state index contributed by atoms with van der Waals surface area (Å²) in [6.07, 6.45) is 4.50. The fourth-order valence-electron chi connectivity index (χ4n) is 2.55. The van der Waals surface area contributed by atoms with Gasteiger partial charge in [0.05, 0.1) is 12.8 Å². The molecule has 6 nitrogen and oxygen atoms in total. The molecule has 1 fully saturated rings. The molecular formula is C20H26BrIN4O2. The zero-order valence-electron chi connectivity index (χ0n) is 15.6. The van der Waals surface area contributed by atoms with Crippen LogP contribution in [0.15, 0.2) is 56.5 Å². The van der Waals surface area contributed by atoms with Gasteiger partial charge in [0.1, 0.15) is 5.76 Å². The number of carbonyl (C=O) groups excluding carboxylic acids is 1. The lowest BCUT2D eigenvalue weighted by Crippen LogP contribution is -2.42. The first kappa shape index (κ1) is 22.7. The number of hydrogen-bond donors (Lipinski definition) is 3. The van der Waals surface area contributed by atoms with Crippen molar-refractivity contribution in [3.8, 4) is 0 Å². The van der Waals surface area contributed by atoms with Crippen molar-refractivity contribution >= 4 is 51.8 Å². The molecule has 1 aliphatic carbocycles. The summed E-state index contributed by atoms with van der Waals surface area (Å²) in [6, 6.07) is 12.0. The number of nitrogens with zero attached hydrogens (tertiary/aromatic N) is 1. The molecule has 2 aromatic rings. The predicted octanol–water partition coefficient (Wildman–Crippen LogP) is 3.46. The molecule has 1 amide bonds. The SMILES string of the molecule is I.O=C(NCCNC(=NCc1ccc(Br)cc1)NCCc1ccco1)C1CC1. The molecule has 0 unspecified atom stereocenters. The zero-order chi connectivity index (χ0) is 18.9. The summed E-state index contributed by atoms with van der Waals surface area (Å²) in [5.41, 5.74) is 1.13. The van der Waals surface area contributed by atoms with E-state index < -0.39 is 0 Å². The van der Waals surface area contributed by atoms with E-state index in [1.807, 2.05) is 36.4 Å². The Morgan fingerprint density at radius 2 is 1.79 bits per heavy atom. The molecule has 1 aliphatic rings. The number of halogens is 2. The first-order valence-corrected chi connectivity index (χ1v) is 10.1. The van der Waals surface area contributed by atoms with Gasteiger partial charge in [-0.3, -0.25) is 4.79 Å². The highest BCUT2D eigenvalue weighted by atomic mass is 127. The van der Waals surface area contributed by atoms with Gasteiger partial charge in [0, 0.05) is 36.4 Å². The number of rotatable bonds is 9. The molecule has 1 aromatic carbocycles. The number of benzene rings is 1. The summed E-state index contributed by atoms with van der Waals surface area (Å²) < 4.78 is 6.41. The number of carbonyl (C=O) groups is 1. The lowest BCUT2D eigenvalue weighted by molar-refractivity contribution is -0.122. The molecule has 1 saturated carbocycles. The Balaban J connectivity index is 0.00000280. The van der Waals surface area contributed by atoms with Crippen LogP contribution in [0.1, 0.15) is 24.2 Å². The van der Waals surface area contributed by atoms with Gasteiger partial charge in [0.15, 0.2) is 5.96 Å². The Morgan fingerprint density at radius 1 is 1.07 bits per heavy atom. The van der Waals surface area contributed by atoms with Gasteiger partial charge < -0.3 is 20.4 Å². The number of guanidine groups is 1. The molecular weight excluding hydrogens is 535 g/mol. The van der Waals surface area contributed by atoms with E-state index in [1.165, 1.54) is 0 Å². The van der Waals surface area contributed by atoms with E-state index in [4.69, 9.17) is 4.42 Å². The summed E-state index contributed by atoms with van der Waals surface area (Å²) in [4.78, 5) is 16.3. The Kier molecular flexibility index (Phi) is 9.83. The van der Waals surface area contributed by atoms with Crippen molar-refractivity contribution in [3.63, 3.8) is 0 Å². The summed E-state index contributed by atoms with van der Waals surface area (Å²) in [5.74, 6) is 2.06. The number of aliphatic imine (C=N–C) groups is 1. The second kappa shape index (κ2) is 12.1. The van der Waals surface area contributed by atoms with Crippen molar-refractivity contribution in [1.82, 2.24) is 16.0 Å². The lowest BCUT2D eigenvalue weighted by atomic mass is 10.2. The minimum absolute atomic E-state index is 0. The van der Waals surface area contributed by atoms with Gasteiger partial charge >= 0.3 is 0 Å². The third kappa shape index (κ3) is 8.22. The third-order valence-electron chi connectivity index (χ3n) is 4.24. The summed E-state index contributed by atoms with van der Waals surface area (Å²) in [6.45, 7) is 2.52. The molecule has 28 heavy (non-hydrogen) atoms. The Bertz CT molecular complexity index is 746. The summed E-state index contributed by atoms with van der Waals surface area (Å²) in [5, 5.41) is 9.55. The van der Waals surface area contributed by atoms with Crippen molar-refractivity contribution in [2.24, 2.45) is 10.9 Å². The Labute approximate surface area is 191 Å². The minimum atomic E-state index is 0. The highest BCUT2D eigenvalue weighted by Gasteiger charge is 2.28. The van der Waals surface area contributed by atoms with Crippen LogP contribution < -0.4 is 16.0 Å². The average molecular weight is 561 g/mol. The topological polar surface area (TPSA) is 78.7 Å². The summed E-state index contributed by atoms with van der Waals surface area (Å²) in [7, 11) is 0. The molecule has 152 valence electrons. The van der Waals surface area contributed by atoms with E-state index in [2.05, 4.69) is 36.9 Å². The van der Waals surface area contributed by atoms with Gasteiger partial charge in [-0.05, 0) is 42.7 Å². The molecule has 0 aliphatic heterocycles. The van der Waals surface area contributed by atoms with Gasteiger partial charge in [-0.15, -0.1) is 24.0 Å². The number of amides is 1.